The van der Waals surface area contributed by atoms with Gasteiger partial charge in [0.2, 0.25) is 0 Å². The smallest absolute Gasteiger partial charge is 0.258 e. The number of nitrogens with two attached hydrogens (primary N) is 1. The number of para-hydroxylation sites is 1. The highest BCUT2D eigenvalue weighted by molar-refractivity contribution is 5.77. The second-order valence-corrected chi connectivity index (χ2v) is 5.74. The van der Waals surface area contributed by atoms with Crippen LogP contribution in [0.2, 0.25) is 0 Å². The number of carbonyl (C=O) groups excluding carboxylic acids is 1. The van der Waals surface area contributed by atoms with Crippen LogP contribution in [0.15, 0.2) is 24.3 Å². The number of benzene rings is 1. The molecule has 0 heterocycles. The average molecular weight is 290 g/mol. The molecule has 1 aliphatic rings. The van der Waals surface area contributed by atoms with Crippen molar-refractivity contribution in [2.45, 2.75) is 57.5 Å². The van der Waals surface area contributed by atoms with Crippen LogP contribution in [0.3, 0.4) is 0 Å². The van der Waals surface area contributed by atoms with E-state index in [0.717, 1.165) is 24.8 Å². The van der Waals surface area contributed by atoms with Gasteiger partial charge in [0.05, 0.1) is 0 Å². The van der Waals surface area contributed by atoms with Crippen LogP contribution in [0.4, 0.5) is 0 Å². The number of carbonyl (C=O) groups is 1. The van der Waals surface area contributed by atoms with Crippen LogP contribution in [-0.4, -0.2) is 18.6 Å². The highest BCUT2D eigenvalue weighted by Gasteiger charge is 2.16. The van der Waals surface area contributed by atoms with E-state index in [4.69, 9.17) is 10.5 Å². The molecule has 4 nitrogen and oxygen atoms in total. The molecular formula is C17H26N2O2. The minimum Gasteiger partial charge on any atom is -0.483 e. The Morgan fingerprint density at radius 3 is 2.76 bits per heavy atom. The fourth-order valence-corrected chi connectivity index (χ4v) is 2.80. The highest BCUT2D eigenvalue weighted by Crippen LogP contribution is 2.25. The summed E-state index contributed by atoms with van der Waals surface area (Å²) >= 11 is 0. The minimum atomic E-state index is -0.0531. The molecule has 1 amide bonds. The molecule has 3 N–H and O–H groups in total. The third kappa shape index (κ3) is 4.74. The number of hydrogen-bond donors (Lipinski definition) is 2. The van der Waals surface area contributed by atoms with Gasteiger partial charge in [-0.2, -0.15) is 0 Å². The molecule has 0 aliphatic heterocycles. The first-order valence-electron chi connectivity index (χ1n) is 7.97. The quantitative estimate of drug-likeness (QED) is 0.846. The molecule has 1 aliphatic carbocycles. The third-order valence-corrected chi connectivity index (χ3v) is 4.09. The van der Waals surface area contributed by atoms with Crippen LogP contribution < -0.4 is 15.8 Å². The van der Waals surface area contributed by atoms with E-state index in [9.17, 15) is 4.79 Å². The van der Waals surface area contributed by atoms with Crippen LogP contribution >= 0.6 is 0 Å². The number of hydrogen-bond acceptors (Lipinski definition) is 3. The predicted octanol–water partition coefficient (Wildman–Crippen LogP) is 2.92. The maximum Gasteiger partial charge on any atom is 0.258 e. The van der Waals surface area contributed by atoms with E-state index in [-0.39, 0.29) is 18.6 Å². The van der Waals surface area contributed by atoms with Gasteiger partial charge in [0, 0.05) is 17.6 Å². The lowest BCUT2D eigenvalue weighted by Gasteiger charge is -2.23. The van der Waals surface area contributed by atoms with Crippen LogP contribution in [0.5, 0.6) is 5.75 Å². The minimum absolute atomic E-state index is 0.0400. The van der Waals surface area contributed by atoms with Gasteiger partial charge >= 0.3 is 0 Å². The Morgan fingerprint density at radius 1 is 1.33 bits per heavy atom. The van der Waals surface area contributed by atoms with Gasteiger partial charge in [0.1, 0.15) is 5.75 Å². The van der Waals surface area contributed by atoms with Gasteiger partial charge < -0.3 is 15.8 Å². The van der Waals surface area contributed by atoms with Gasteiger partial charge in [-0.3, -0.25) is 4.79 Å². The van der Waals surface area contributed by atoms with Crippen LogP contribution in [0, 0.1) is 0 Å². The van der Waals surface area contributed by atoms with E-state index < -0.39 is 0 Å². The summed E-state index contributed by atoms with van der Waals surface area (Å²) in [5, 5.41) is 3.06. The molecule has 1 fully saturated rings. The molecule has 0 spiro atoms. The highest BCUT2D eigenvalue weighted by atomic mass is 16.5. The number of nitrogens with one attached hydrogen (secondary N) is 1. The Labute approximate surface area is 127 Å². The Bertz CT molecular complexity index is 456. The number of ether oxygens (including phenoxy) is 1. The summed E-state index contributed by atoms with van der Waals surface area (Å²) in [6, 6.07) is 7.95. The summed E-state index contributed by atoms with van der Waals surface area (Å²) in [6.07, 6.45) is 6.71. The van der Waals surface area contributed by atoms with Gasteiger partial charge in [-0.25, -0.2) is 0 Å². The number of rotatable bonds is 6. The molecule has 0 saturated heterocycles. The fourth-order valence-electron chi connectivity index (χ4n) is 2.80. The zero-order valence-corrected chi connectivity index (χ0v) is 12.8. The topological polar surface area (TPSA) is 64.3 Å². The summed E-state index contributed by atoms with van der Waals surface area (Å²) in [5.74, 6) is 0.674. The van der Waals surface area contributed by atoms with Crippen molar-refractivity contribution in [1.82, 2.24) is 5.32 Å². The Hall–Kier alpha value is -1.55. The van der Waals surface area contributed by atoms with Crippen molar-refractivity contribution < 1.29 is 9.53 Å². The molecule has 1 aromatic rings. The summed E-state index contributed by atoms with van der Waals surface area (Å²) in [4.78, 5) is 12.0. The van der Waals surface area contributed by atoms with Crippen LogP contribution in [0.1, 0.15) is 57.1 Å². The number of amides is 1. The predicted molar refractivity (Wildman–Crippen MR) is 84.2 cm³/mol. The summed E-state index contributed by atoms with van der Waals surface area (Å²) in [7, 11) is 0. The molecule has 1 saturated carbocycles. The van der Waals surface area contributed by atoms with Gasteiger partial charge in [-0.15, -0.1) is 0 Å². The SMILES string of the molecule is CCC(N)c1ccccc1OCC(=O)NC1CCCCC1. The van der Waals surface area contributed by atoms with Crippen LogP contribution in [0.25, 0.3) is 0 Å². The fraction of sp³-hybridized carbons (Fsp3) is 0.588. The molecule has 1 aromatic carbocycles. The molecule has 21 heavy (non-hydrogen) atoms. The zero-order valence-electron chi connectivity index (χ0n) is 12.8. The van der Waals surface area contributed by atoms with E-state index in [0.29, 0.717) is 11.8 Å². The summed E-state index contributed by atoms with van der Waals surface area (Å²) in [6.45, 7) is 2.10. The zero-order chi connectivity index (χ0) is 15.1. The standard InChI is InChI=1S/C17H26N2O2/c1-2-15(18)14-10-6-7-11-16(14)21-12-17(20)19-13-8-4-3-5-9-13/h6-7,10-11,13,15H,2-5,8-9,12,18H2,1H3,(H,19,20). The van der Waals surface area contributed by atoms with Gasteiger partial charge in [0.15, 0.2) is 6.61 Å². The van der Waals surface area contributed by atoms with Crippen molar-refractivity contribution in [3.63, 3.8) is 0 Å². The monoisotopic (exact) mass is 290 g/mol. The Balaban J connectivity index is 1.86. The molecule has 0 radical (unpaired) electrons. The van der Waals surface area contributed by atoms with Crippen molar-refractivity contribution in [2.24, 2.45) is 5.73 Å². The van der Waals surface area contributed by atoms with E-state index >= 15 is 0 Å². The molecule has 1 atom stereocenters. The van der Waals surface area contributed by atoms with Gasteiger partial charge in [-0.05, 0) is 25.3 Å². The second kappa shape index (κ2) is 8.03. The average Bonchev–Trinajstić information content (AvgIpc) is 2.53. The Morgan fingerprint density at radius 2 is 2.05 bits per heavy atom. The largest absolute Gasteiger partial charge is 0.483 e. The molecule has 116 valence electrons. The maximum atomic E-state index is 12.0. The van der Waals surface area contributed by atoms with E-state index in [1.807, 2.05) is 31.2 Å². The van der Waals surface area contributed by atoms with Crippen molar-refractivity contribution in [1.29, 1.82) is 0 Å². The Kier molecular flexibility index (Phi) is 6.05. The molecule has 0 aromatic heterocycles. The third-order valence-electron chi connectivity index (χ3n) is 4.09. The van der Waals surface area contributed by atoms with Crippen molar-refractivity contribution in [2.75, 3.05) is 6.61 Å². The lowest BCUT2D eigenvalue weighted by Crippen LogP contribution is -2.39. The van der Waals surface area contributed by atoms with Crippen molar-refractivity contribution >= 4 is 5.91 Å². The normalized spacial score (nSPS) is 17.2. The summed E-state index contributed by atoms with van der Waals surface area (Å²) in [5.41, 5.74) is 7.03. The van der Waals surface area contributed by atoms with E-state index in [1.165, 1.54) is 19.3 Å². The van der Waals surface area contributed by atoms with Gasteiger partial charge in [-0.1, -0.05) is 44.4 Å². The first kappa shape index (κ1) is 15.8. The van der Waals surface area contributed by atoms with E-state index in [1.54, 1.807) is 0 Å². The van der Waals surface area contributed by atoms with Crippen molar-refractivity contribution in [3.05, 3.63) is 29.8 Å². The molecule has 2 rings (SSSR count). The first-order chi connectivity index (χ1) is 10.2. The van der Waals surface area contributed by atoms with E-state index in [2.05, 4.69) is 5.32 Å². The maximum absolute atomic E-state index is 12.0. The first-order valence-corrected chi connectivity index (χ1v) is 7.97. The lowest BCUT2D eigenvalue weighted by atomic mass is 9.95. The van der Waals surface area contributed by atoms with Crippen LogP contribution in [-0.2, 0) is 4.79 Å². The molecule has 0 bridgehead atoms. The second-order valence-electron chi connectivity index (χ2n) is 5.74. The lowest BCUT2D eigenvalue weighted by molar-refractivity contribution is -0.124. The molecular weight excluding hydrogens is 264 g/mol. The summed E-state index contributed by atoms with van der Waals surface area (Å²) < 4.78 is 5.67. The van der Waals surface area contributed by atoms with Gasteiger partial charge in [0.25, 0.3) is 5.91 Å². The van der Waals surface area contributed by atoms with Crippen molar-refractivity contribution in [3.8, 4) is 5.75 Å². The molecule has 4 heteroatoms. The molecule has 1 unspecified atom stereocenters.